The molecular weight excluding hydrogens is 338 g/mol. The SMILES string of the molecule is CCCN1N=C(c2ccccc2)C(CC(C)C)C1C(=O)NCCCCCO. The van der Waals surface area contributed by atoms with E-state index in [-0.39, 0.29) is 24.5 Å². The molecule has 1 aromatic rings. The second kappa shape index (κ2) is 11.1. The first-order chi connectivity index (χ1) is 13.1. The van der Waals surface area contributed by atoms with Crippen LogP contribution in [0.2, 0.25) is 0 Å². The van der Waals surface area contributed by atoms with E-state index >= 15 is 0 Å². The van der Waals surface area contributed by atoms with Crippen molar-refractivity contribution < 1.29 is 9.90 Å². The fraction of sp³-hybridized carbons (Fsp3) is 0.636. The molecule has 0 aliphatic carbocycles. The lowest BCUT2D eigenvalue weighted by molar-refractivity contribution is -0.127. The van der Waals surface area contributed by atoms with Gasteiger partial charge in [-0.1, -0.05) is 51.1 Å². The normalized spacial score (nSPS) is 19.4. The molecule has 2 unspecified atom stereocenters. The second-order valence-electron chi connectivity index (χ2n) is 7.77. The highest BCUT2D eigenvalue weighted by Crippen LogP contribution is 2.31. The summed E-state index contributed by atoms with van der Waals surface area (Å²) in [5.74, 6) is 0.675. The number of amides is 1. The van der Waals surface area contributed by atoms with Crippen LogP contribution in [-0.2, 0) is 4.79 Å². The van der Waals surface area contributed by atoms with E-state index in [1.54, 1.807) is 0 Å². The number of rotatable bonds is 11. The van der Waals surface area contributed by atoms with Crippen LogP contribution in [0.3, 0.4) is 0 Å². The van der Waals surface area contributed by atoms with Crippen LogP contribution in [0, 0.1) is 11.8 Å². The van der Waals surface area contributed by atoms with Gasteiger partial charge in [0.2, 0.25) is 5.91 Å². The molecule has 0 saturated carbocycles. The van der Waals surface area contributed by atoms with E-state index in [1.165, 1.54) is 0 Å². The first kappa shape index (κ1) is 21.4. The van der Waals surface area contributed by atoms with Crippen molar-refractivity contribution in [1.29, 1.82) is 0 Å². The quantitative estimate of drug-likeness (QED) is 0.584. The van der Waals surface area contributed by atoms with E-state index in [0.717, 1.165) is 49.9 Å². The van der Waals surface area contributed by atoms with Crippen LogP contribution < -0.4 is 5.32 Å². The van der Waals surface area contributed by atoms with Crippen molar-refractivity contribution in [1.82, 2.24) is 10.3 Å². The van der Waals surface area contributed by atoms with Gasteiger partial charge >= 0.3 is 0 Å². The molecule has 1 aliphatic heterocycles. The Bertz CT molecular complexity index is 601. The standard InChI is InChI=1S/C22H35N3O2/c1-4-14-25-21(22(27)23-13-9-6-10-15-26)19(16-17(2)3)20(24-25)18-11-7-5-8-12-18/h5,7-8,11-12,17,19,21,26H,4,6,9-10,13-16H2,1-3H3,(H,23,27). The fourth-order valence-corrected chi connectivity index (χ4v) is 3.73. The van der Waals surface area contributed by atoms with Crippen molar-refractivity contribution in [2.45, 2.75) is 58.9 Å². The van der Waals surface area contributed by atoms with Crippen LogP contribution in [0.4, 0.5) is 0 Å². The predicted octanol–water partition coefficient (Wildman–Crippen LogP) is 3.43. The number of nitrogens with one attached hydrogen (secondary N) is 1. The molecule has 2 rings (SSSR count). The average Bonchev–Trinajstić information content (AvgIpc) is 3.00. The highest BCUT2D eigenvalue weighted by molar-refractivity contribution is 6.06. The lowest BCUT2D eigenvalue weighted by Crippen LogP contribution is -2.47. The lowest BCUT2D eigenvalue weighted by Gasteiger charge is -2.28. The van der Waals surface area contributed by atoms with E-state index < -0.39 is 0 Å². The van der Waals surface area contributed by atoms with E-state index in [4.69, 9.17) is 10.2 Å². The minimum atomic E-state index is -0.236. The molecule has 0 radical (unpaired) electrons. The zero-order valence-electron chi connectivity index (χ0n) is 17.0. The molecule has 0 bridgehead atoms. The summed E-state index contributed by atoms with van der Waals surface area (Å²) in [4.78, 5) is 13.1. The number of aliphatic hydroxyl groups excluding tert-OH is 1. The summed E-state index contributed by atoms with van der Waals surface area (Å²) in [6.07, 6.45) is 4.52. The van der Waals surface area contributed by atoms with Crippen LogP contribution in [-0.4, -0.2) is 47.5 Å². The summed E-state index contributed by atoms with van der Waals surface area (Å²) in [6, 6.07) is 10.0. The predicted molar refractivity (Wildman–Crippen MR) is 111 cm³/mol. The topological polar surface area (TPSA) is 64.9 Å². The van der Waals surface area contributed by atoms with Gasteiger partial charge in [0, 0.05) is 25.6 Å². The molecule has 1 heterocycles. The molecule has 5 nitrogen and oxygen atoms in total. The van der Waals surface area contributed by atoms with Gasteiger partial charge in [0.25, 0.3) is 0 Å². The Kier molecular flexibility index (Phi) is 8.79. The number of nitrogens with zero attached hydrogens (tertiary/aromatic N) is 2. The number of benzene rings is 1. The maximum absolute atomic E-state index is 13.1. The number of unbranched alkanes of at least 4 members (excludes halogenated alkanes) is 2. The summed E-state index contributed by atoms with van der Waals surface area (Å²) < 4.78 is 0. The summed E-state index contributed by atoms with van der Waals surface area (Å²) in [5.41, 5.74) is 2.15. The molecule has 1 aromatic carbocycles. The monoisotopic (exact) mass is 373 g/mol. The first-order valence-corrected chi connectivity index (χ1v) is 10.4. The number of hydrazone groups is 1. The van der Waals surface area contributed by atoms with Crippen molar-refractivity contribution in [3.05, 3.63) is 35.9 Å². The van der Waals surface area contributed by atoms with Crippen LogP contribution in [0.25, 0.3) is 0 Å². The maximum atomic E-state index is 13.1. The molecule has 0 saturated heterocycles. The third-order valence-electron chi connectivity index (χ3n) is 4.94. The molecule has 27 heavy (non-hydrogen) atoms. The third-order valence-corrected chi connectivity index (χ3v) is 4.94. The van der Waals surface area contributed by atoms with Crippen LogP contribution in [0.5, 0.6) is 0 Å². The summed E-state index contributed by atoms with van der Waals surface area (Å²) in [6.45, 7) is 8.19. The first-order valence-electron chi connectivity index (χ1n) is 10.4. The van der Waals surface area contributed by atoms with E-state index in [2.05, 4.69) is 38.2 Å². The Morgan fingerprint density at radius 1 is 1.22 bits per heavy atom. The van der Waals surface area contributed by atoms with Gasteiger partial charge in [-0.25, -0.2) is 0 Å². The highest BCUT2D eigenvalue weighted by atomic mass is 16.2. The van der Waals surface area contributed by atoms with Gasteiger partial charge in [-0.15, -0.1) is 0 Å². The van der Waals surface area contributed by atoms with Crippen LogP contribution in [0.1, 0.15) is 58.4 Å². The Labute approximate surface area is 163 Å². The number of hydrogen-bond donors (Lipinski definition) is 2. The van der Waals surface area contributed by atoms with Gasteiger partial charge < -0.3 is 10.4 Å². The molecule has 150 valence electrons. The molecule has 2 N–H and O–H groups in total. The summed E-state index contributed by atoms with van der Waals surface area (Å²) in [5, 5.41) is 18.9. The highest BCUT2D eigenvalue weighted by Gasteiger charge is 2.42. The molecule has 0 aromatic heterocycles. The third kappa shape index (κ3) is 6.06. The van der Waals surface area contributed by atoms with Gasteiger partial charge in [-0.05, 0) is 43.6 Å². The number of carbonyl (C=O) groups excluding carboxylic acids is 1. The molecule has 0 fully saturated rings. The van der Waals surface area contributed by atoms with Crippen LogP contribution in [0.15, 0.2) is 35.4 Å². The number of carbonyl (C=O) groups is 1. The Morgan fingerprint density at radius 3 is 2.59 bits per heavy atom. The van der Waals surface area contributed by atoms with Crippen molar-refractivity contribution >= 4 is 11.6 Å². The van der Waals surface area contributed by atoms with E-state index in [0.29, 0.717) is 12.5 Å². The number of hydrogen-bond acceptors (Lipinski definition) is 4. The van der Waals surface area contributed by atoms with Gasteiger partial charge in [-0.3, -0.25) is 9.80 Å². The van der Waals surface area contributed by atoms with Crippen molar-refractivity contribution in [2.24, 2.45) is 16.9 Å². The van der Waals surface area contributed by atoms with Crippen molar-refractivity contribution in [2.75, 3.05) is 19.7 Å². The van der Waals surface area contributed by atoms with Gasteiger partial charge in [0.1, 0.15) is 6.04 Å². The Morgan fingerprint density at radius 2 is 1.96 bits per heavy atom. The minimum Gasteiger partial charge on any atom is -0.396 e. The van der Waals surface area contributed by atoms with Gasteiger partial charge in [0.15, 0.2) is 0 Å². The smallest absolute Gasteiger partial charge is 0.245 e. The molecular formula is C22H35N3O2. The zero-order chi connectivity index (χ0) is 19.6. The van der Waals surface area contributed by atoms with Crippen molar-refractivity contribution in [3.8, 4) is 0 Å². The molecule has 1 aliphatic rings. The van der Waals surface area contributed by atoms with E-state index in [9.17, 15) is 4.79 Å². The minimum absolute atomic E-state index is 0.0766. The largest absolute Gasteiger partial charge is 0.396 e. The van der Waals surface area contributed by atoms with Gasteiger partial charge in [0.05, 0.1) is 5.71 Å². The molecule has 5 heteroatoms. The maximum Gasteiger partial charge on any atom is 0.245 e. The second-order valence-corrected chi connectivity index (χ2v) is 7.77. The summed E-state index contributed by atoms with van der Waals surface area (Å²) >= 11 is 0. The van der Waals surface area contributed by atoms with Crippen LogP contribution >= 0.6 is 0 Å². The number of aliphatic hydroxyl groups is 1. The molecule has 2 atom stereocenters. The molecule has 1 amide bonds. The average molecular weight is 374 g/mol. The Hall–Kier alpha value is -1.88. The van der Waals surface area contributed by atoms with E-state index in [1.807, 2.05) is 23.2 Å². The molecule has 0 spiro atoms. The van der Waals surface area contributed by atoms with Gasteiger partial charge in [-0.2, -0.15) is 5.10 Å². The Balaban J connectivity index is 2.17. The lowest BCUT2D eigenvalue weighted by atomic mass is 9.84. The zero-order valence-corrected chi connectivity index (χ0v) is 17.0. The summed E-state index contributed by atoms with van der Waals surface area (Å²) in [7, 11) is 0. The fourth-order valence-electron chi connectivity index (χ4n) is 3.73. The van der Waals surface area contributed by atoms with Crippen molar-refractivity contribution in [3.63, 3.8) is 0 Å².